The topological polar surface area (TPSA) is 80.1 Å². The molecular formula is C15H18F3N5O2S. The second-order valence-corrected chi connectivity index (χ2v) is 7.90. The molecule has 0 amide bonds. The maximum absolute atomic E-state index is 12.8. The van der Waals surface area contributed by atoms with Crippen LogP contribution in [0, 0.1) is 13.8 Å². The molecule has 0 bridgehead atoms. The van der Waals surface area contributed by atoms with Gasteiger partial charge in [0, 0.05) is 26.3 Å². The van der Waals surface area contributed by atoms with E-state index in [1.54, 1.807) is 25.8 Å². The Labute approximate surface area is 148 Å². The molecular weight excluding hydrogens is 371 g/mol. The minimum absolute atomic E-state index is 0.135. The van der Waals surface area contributed by atoms with Crippen molar-refractivity contribution in [1.82, 2.24) is 19.5 Å². The van der Waals surface area contributed by atoms with Crippen molar-refractivity contribution in [1.29, 1.82) is 0 Å². The third-order valence-corrected chi connectivity index (χ3v) is 6.08. The van der Waals surface area contributed by atoms with Crippen LogP contribution >= 0.6 is 0 Å². The van der Waals surface area contributed by atoms with E-state index < -0.39 is 27.8 Å². The zero-order valence-corrected chi connectivity index (χ0v) is 15.2. The Hall–Kier alpha value is -2.14. The smallest absolute Gasteiger partial charge is 0.353 e. The molecule has 26 heavy (non-hydrogen) atoms. The summed E-state index contributed by atoms with van der Waals surface area (Å²) in [7, 11) is -2.10. The van der Waals surface area contributed by atoms with Crippen LogP contribution in [0.5, 0.6) is 0 Å². The molecule has 1 aliphatic heterocycles. The number of aromatic nitrogens is 3. The summed E-state index contributed by atoms with van der Waals surface area (Å²) in [4.78, 5) is 5.65. The van der Waals surface area contributed by atoms with Crippen LogP contribution in [0.1, 0.15) is 17.0 Å². The summed E-state index contributed by atoms with van der Waals surface area (Å²) < 4.78 is 67.5. The predicted molar refractivity (Wildman–Crippen MR) is 88.2 cm³/mol. The first-order chi connectivity index (χ1) is 12.0. The van der Waals surface area contributed by atoms with Gasteiger partial charge in [0.1, 0.15) is 10.7 Å². The van der Waals surface area contributed by atoms with Crippen LogP contribution in [0.25, 0.3) is 0 Å². The summed E-state index contributed by atoms with van der Waals surface area (Å²) in [5.74, 6) is 0.170. The quantitative estimate of drug-likeness (QED) is 0.860. The molecule has 2 aromatic rings. The number of alkyl halides is 3. The fraction of sp³-hybridized carbons (Fsp3) is 0.467. The molecule has 0 spiro atoms. The van der Waals surface area contributed by atoms with Crippen molar-refractivity contribution in [2.45, 2.75) is 31.0 Å². The van der Waals surface area contributed by atoms with Crippen LogP contribution in [0.3, 0.4) is 0 Å². The number of pyridine rings is 1. The lowest BCUT2D eigenvalue weighted by Crippen LogP contribution is -2.59. The van der Waals surface area contributed by atoms with Gasteiger partial charge in [-0.15, -0.1) is 0 Å². The zero-order valence-electron chi connectivity index (χ0n) is 14.4. The van der Waals surface area contributed by atoms with Crippen molar-refractivity contribution < 1.29 is 21.6 Å². The minimum atomic E-state index is -4.45. The average molecular weight is 389 g/mol. The molecule has 0 unspecified atom stereocenters. The summed E-state index contributed by atoms with van der Waals surface area (Å²) in [6, 6.07) is 1.45. The lowest BCUT2D eigenvalue weighted by Gasteiger charge is -2.40. The number of sulfonamides is 1. The van der Waals surface area contributed by atoms with Crippen LogP contribution in [0.4, 0.5) is 19.0 Å². The highest BCUT2D eigenvalue weighted by Gasteiger charge is 2.36. The van der Waals surface area contributed by atoms with Gasteiger partial charge in [-0.05, 0) is 26.0 Å². The van der Waals surface area contributed by atoms with Gasteiger partial charge in [-0.25, -0.2) is 18.1 Å². The molecule has 1 aliphatic rings. The van der Waals surface area contributed by atoms with Crippen molar-refractivity contribution in [3.63, 3.8) is 0 Å². The number of nitrogens with one attached hydrogen (secondary N) is 1. The summed E-state index contributed by atoms with van der Waals surface area (Å²) in [5, 5.41) is 4.09. The number of hydrogen-bond donors (Lipinski definition) is 1. The van der Waals surface area contributed by atoms with E-state index in [-0.39, 0.29) is 23.8 Å². The van der Waals surface area contributed by atoms with E-state index in [2.05, 4.69) is 14.8 Å². The largest absolute Gasteiger partial charge is 0.416 e. The van der Waals surface area contributed by atoms with E-state index in [1.165, 1.54) is 4.68 Å². The van der Waals surface area contributed by atoms with Gasteiger partial charge in [-0.2, -0.15) is 18.3 Å². The Morgan fingerprint density at radius 1 is 1.27 bits per heavy atom. The van der Waals surface area contributed by atoms with Gasteiger partial charge < -0.3 is 4.90 Å². The molecule has 7 nitrogen and oxygen atoms in total. The van der Waals surface area contributed by atoms with Crippen molar-refractivity contribution in [2.24, 2.45) is 7.05 Å². The fourth-order valence-electron chi connectivity index (χ4n) is 2.93. The molecule has 3 heterocycles. The summed E-state index contributed by atoms with van der Waals surface area (Å²) in [5.41, 5.74) is 0.132. The Balaban J connectivity index is 1.69. The third kappa shape index (κ3) is 3.40. The molecule has 1 fully saturated rings. The Bertz CT molecular complexity index is 933. The molecule has 0 radical (unpaired) electrons. The van der Waals surface area contributed by atoms with E-state index in [4.69, 9.17) is 0 Å². The second-order valence-electron chi connectivity index (χ2n) is 6.25. The average Bonchev–Trinajstić information content (AvgIpc) is 2.75. The minimum Gasteiger partial charge on any atom is -0.353 e. The first-order valence-corrected chi connectivity index (χ1v) is 9.28. The van der Waals surface area contributed by atoms with Gasteiger partial charge in [0.25, 0.3) is 0 Å². The molecule has 0 aliphatic carbocycles. The van der Waals surface area contributed by atoms with E-state index in [0.717, 1.165) is 18.3 Å². The predicted octanol–water partition coefficient (Wildman–Crippen LogP) is 1.62. The standard InChI is InChI=1S/C15H18F3N5O2S/c1-9-14(10(2)22(3)20-9)26(24,25)21-12-7-23(8-12)13-6-11(4-5-19-13)15(16,17)18/h4-6,12,21H,7-8H2,1-3H3. The van der Waals surface area contributed by atoms with Crippen LogP contribution in [-0.2, 0) is 23.2 Å². The fourth-order valence-corrected chi connectivity index (χ4v) is 4.59. The van der Waals surface area contributed by atoms with Gasteiger partial charge >= 0.3 is 6.18 Å². The first kappa shape index (κ1) is 18.6. The Morgan fingerprint density at radius 2 is 1.92 bits per heavy atom. The highest BCUT2D eigenvalue weighted by molar-refractivity contribution is 7.89. The van der Waals surface area contributed by atoms with Crippen LogP contribution in [-0.4, -0.2) is 42.3 Å². The number of anilines is 1. The molecule has 0 saturated carbocycles. The Morgan fingerprint density at radius 3 is 2.46 bits per heavy atom. The van der Waals surface area contributed by atoms with E-state index in [0.29, 0.717) is 11.4 Å². The molecule has 0 atom stereocenters. The molecule has 2 aromatic heterocycles. The molecule has 11 heteroatoms. The van der Waals surface area contributed by atoms with Gasteiger partial charge in [-0.3, -0.25) is 4.68 Å². The van der Waals surface area contributed by atoms with Gasteiger partial charge in [0.15, 0.2) is 0 Å². The maximum Gasteiger partial charge on any atom is 0.416 e. The van der Waals surface area contributed by atoms with Crippen molar-refractivity contribution in [3.05, 3.63) is 35.3 Å². The van der Waals surface area contributed by atoms with Crippen LogP contribution in [0.15, 0.2) is 23.2 Å². The van der Waals surface area contributed by atoms with E-state index >= 15 is 0 Å². The van der Waals surface area contributed by atoms with Crippen LogP contribution in [0.2, 0.25) is 0 Å². The molecule has 142 valence electrons. The Kier molecular flexibility index (Phi) is 4.47. The number of hydrogen-bond acceptors (Lipinski definition) is 5. The number of nitrogens with zero attached hydrogens (tertiary/aromatic N) is 4. The normalized spacial score (nSPS) is 16.0. The van der Waals surface area contributed by atoms with E-state index in [9.17, 15) is 21.6 Å². The van der Waals surface area contributed by atoms with Crippen molar-refractivity contribution in [2.75, 3.05) is 18.0 Å². The zero-order chi connectivity index (χ0) is 19.3. The maximum atomic E-state index is 12.8. The summed E-state index contributed by atoms with van der Waals surface area (Å²) >= 11 is 0. The third-order valence-electron chi connectivity index (χ3n) is 4.31. The SMILES string of the molecule is Cc1nn(C)c(C)c1S(=O)(=O)NC1CN(c2cc(C(F)(F)F)ccn2)C1. The van der Waals surface area contributed by atoms with E-state index in [1.807, 2.05) is 0 Å². The van der Waals surface area contributed by atoms with Crippen molar-refractivity contribution in [3.8, 4) is 0 Å². The van der Waals surface area contributed by atoms with Crippen molar-refractivity contribution >= 4 is 15.8 Å². The van der Waals surface area contributed by atoms with Gasteiger partial charge in [0.2, 0.25) is 10.0 Å². The highest BCUT2D eigenvalue weighted by Crippen LogP contribution is 2.31. The summed E-state index contributed by atoms with van der Waals surface area (Å²) in [6.45, 7) is 3.76. The van der Waals surface area contributed by atoms with Gasteiger partial charge in [0.05, 0.1) is 23.0 Å². The molecule has 1 saturated heterocycles. The molecule has 0 aromatic carbocycles. The molecule has 3 rings (SSSR count). The van der Waals surface area contributed by atoms with Gasteiger partial charge in [-0.1, -0.05) is 0 Å². The first-order valence-electron chi connectivity index (χ1n) is 7.80. The molecule has 1 N–H and O–H groups in total. The summed E-state index contributed by atoms with van der Waals surface area (Å²) in [6.07, 6.45) is -3.35. The highest BCUT2D eigenvalue weighted by atomic mass is 32.2. The second kappa shape index (κ2) is 6.23. The number of halogens is 3. The lowest BCUT2D eigenvalue weighted by atomic mass is 10.1. The van der Waals surface area contributed by atoms with Crippen LogP contribution < -0.4 is 9.62 Å². The number of rotatable bonds is 4. The lowest BCUT2D eigenvalue weighted by molar-refractivity contribution is -0.137. The monoisotopic (exact) mass is 389 g/mol. The number of aryl methyl sites for hydroxylation is 2.